The van der Waals surface area contributed by atoms with Crippen LogP contribution in [0.2, 0.25) is 5.02 Å². The summed E-state index contributed by atoms with van der Waals surface area (Å²) in [5.74, 6) is 0.848. The van der Waals surface area contributed by atoms with E-state index in [9.17, 15) is 0 Å². The van der Waals surface area contributed by atoms with Crippen molar-refractivity contribution in [3.8, 4) is 0 Å². The van der Waals surface area contributed by atoms with Gasteiger partial charge in [-0.2, -0.15) is 0 Å². The Morgan fingerprint density at radius 2 is 2.06 bits per heavy atom. The van der Waals surface area contributed by atoms with Gasteiger partial charge in [0.2, 0.25) is 0 Å². The standard InChI is InChI=1S/C13H12ClNO/c14-12-7-1-2-8-13(12)15-9-3-5-11-6-4-10-16-11/h1-8,10,15H,9H2/b5-3+. The second-order valence-electron chi connectivity index (χ2n) is 3.28. The molecule has 1 heterocycles. The Hall–Kier alpha value is -1.67. The van der Waals surface area contributed by atoms with Crippen LogP contribution >= 0.6 is 11.6 Å². The van der Waals surface area contributed by atoms with Crippen LogP contribution in [0.4, 0.5) is 5.69 Å². The van der Waals surface area contributed by atoms with Crippen LogP contribution in [0.25, 0.3) is 6.08 Å². The maximum absolute atomic E-state index is 6.00. The summed E-state index contributed by atoms with van der Waals surface area (Å²) < 4.78 is 5.17. The largest absolute Gasteiger partial charge is 0.465 e. The lowest BCUT2D eigenvalue weighted by Gasteiger charge is -2.04. The summed E-state index contributed by atoms with van der Waals surface area (Å²) in [5, 5.41) is 3.95. The summed E-state index contributed by atoms with van der Waals surface area (Å²) in [6.45, 7) is 0.713. The van der Waals surface area contributed by atoms with Crippen molar-refractivity contribution in [3.05, 3.63) is 59.5 Å². The van der Waals surface area contributed by atoms with E-state index in [1.54, 1.807) is 6.26 Å². The van der Waals surface area contributed by atoms with Crippen molar-refractivity contribution in [2.24, 2.45) is 0 Å². The number of halogens is 1. The van der Waals surface area contributed by atoms with E-state index in [0.717, 1.165) is 16.5 Å². The average Bonchev–Trinajstić information content (AvgIpc) is 2.79. The highest BCUT2D eigenvalue weighted by Crippen LogP contribution is 2.19. The predicted octanol–water partition coefficient (Wildman–Crippen LogP) is 4.06. The van der Waals surface area contributed by atoms with Crippen LogP contribution in [0.5, 0.6) is 0 Å². The van der Waals surface area contributed by atoms with Gasteiger partial charge in [-0.1, -0.05) is 29.8 Å². The molecule has 2 aromatic rings. The number of anilines is 1. The second-order valence-corrected chi connectivity index (χ2v) is 3.69. The first-order valence-electron chi connectivity index (χ1n) is 5.05. The summed E-state index contributed by atoms with van der Waals surface area (Å²) in [7, 11) is 0. The molecule has 0 radical (unpaired) electrons. The third kappa shape index (κ3) is 2.91. The highest BCUT2D eigenvalue weighted by atomic mass is 35.5. The van der Waals surface area contributed by atoms with Gasteiger partial charge in [0.25, 0.3) is 0 Å². The first kappa shape index (κ1) is 10.8. The number of benzene rings is 1. The van der Waals surface area contributed by atoms with Crippen molar-refractivity contribution in [2.75, 3.05) is 11.9 Å². The normalized spacial score (nSPS) is 10.8. The van der Waals surface area contributed by atoms with E-state index in [1.165, 1.54) is 0 Å². The van der Waals surface area contributed by atoms with E-state index >= 15 is 0 Å². The van der Waals surface area contributed by atoms with Crippen molar-refractivity contribution >= 4 is 23.4 Å². The summed E-state index contributed by atoms with van der Waals surface area (Å²) >= 11 is 6.00. The molecular formula is C13H12ClNO. The summed E-state index contributed by atoms with van der Waals surface area (Å²) in [5.41, 5.74) is 0.938. The Labute approximate surface area is 99.5 Å². The molecule has 1 aromatic heterocycles. The number of hydrogen-bond acceptors (Lipinski definition) is 2. The Bertz CT molecular complexity index is 463. The van der Waals surface area contributed by atoms with Gasteiger partial charge < -0.3 is 9.73 Å². The second kappa shape index (κ2) is 5.42. The van der Waals surface area contributed by atoms with Gasteiger partial charge in [0.05, 0.1) is 17.0 Å². The van der Waals surface area contributed by atoms with E-state index in [4.69, 9.17) is 16.0 Å². The molecule has 0 aliphatic heterocycles. The SMILES string of the molecule is Clc1ccccc1NC/C=C/c1ccco1. The van der Waals surface area contributed by atoms with Crippen LogP contribution in [0.3, 0.4) is 0 Å². The van der Waals surface area contributed by atoms with Crippen LogP contribution in [0, 0.1) is 0 Å². The Morgan fingerprint density at radius 3 is 2.81 bits per heavy atom. The Morgan fingerprint density at radius 1 is 1.19 bits per heavy atom. The highest BCUT2D eigenvalue weighted by Gasteiger charge is 1.94. The Kier molecular flexibility index (Phi) is 3.67. The highest BCUT2D eigenvalue weighted by molar-refractivity contribution is 6.33. The molecule has 0 aliphatic rings. The van der Waals surface area contributed by atoms with Crippen LogP contribution in [-0.4, -0.2) is 6.54 Å². The minimum atomic E-state index is 0.713. The van der Waals surface area contributed by atoms with Crippen molar-refractivity contribution < 1.29 is 4.42 Å². The van der Waals surface area contributed by atoms with Crippen molar-refractivity contribution in [1.82, 2.24) is 0 Å². The van der Waals surface area contributed by atoms with E-state index in [0.29, 0.717) is 6.54 Å². The minimum absolute atomic E-state index is 0.713. The molecule has 0 spiro atoms. The maximum Gasteiger partial charge on any atom is 0.126 e. The molecule has 0 saturated carbocycles. The van der Waals surface area contributed by atoms with Crippen LogP contribution < -0.4 is 5.32 Å². The van der Waals surface area contributed by atoms with E-state index < -0.39 is 0 Å². The molecule has 82 valence electrons. The molecule has 0 fully saturated rings. The van der Waals surface area contributed by atoms with E-state index in [-0.39, 0.29) is 0 Å². The maximum atomic E-state index is 6.00. The van der Waals surface area contributed by atoms with E-state index in [2.05, 4.69) is 5.32 Å². The molecule has 16 heavy (non-hydrogen) atoms. The van der Waals surface area contributed by atoms with E-state index in [1.807, 2.05) is 48.6 Å². The van der Waals surface area contributed by atoms with Gasteiger partial charge in [0.1, 0.15) is 5.76 Å². The van der Waals surface area contributed by atoms with Crippen LogP contribution in [0.15, 0.2) is 53.2 Å². The smallest absolute Gasteiger partial charge is 0.126 e. The zero-order valence-electron chi connectivity index (χ0n) is 8.69. The summed E-state index contributed by atoms with van der Waals surface area (Å²) in [6.07, 6.45) is 5.56. The third-order valence-electron chi connectivity index (χ3n) is 2.11. The van der Waals surface area contributed by atoms with Gasteiger partial charge in [-0.3, -0.25) is 0 Å². The number of hydrogen-bond donors (Lipinski definition) is 1. The molecule has 0 saturated heterocycles. The van der Waals surface area contributed by atoms with Crippen LogP contribution in [-0.2, 0) is 0 Å². The molecule has 0 unspecified atom stereocenters. The number of nitrogens with one attached hydrogen (secondary N) is 1. The molecule has 3 heteroatoms. The number of para-hydroxylation sites is 1. The fourth-order valence-electron chi connectivity index (χ4n) is 1.33. The molecule has 1 N–H and O–H groups in total. The molecular weight excluding hydrogens is 222 g/mol. The monoisotopic (exact) mass is 233 g/mol. The van der Waals surface area contributed by atoms with Crippen molar-refractivity contribution in [3.63, 3.8) is 0 Å². The molecule has 0 aliphatic carbocycles. The quantitative estimate of drug-likeness (QED) is 0.862. The number of rotatable bonds is 4. The topological polar surface area (TPSA) is 25.2 Å². The molecule has 0 atom stereocenters. The van der Waals surface area contributed by atoms with Gasteiger partial charge >= 0.3 is 0 Å². The zero-order valence-corrected chi connectivity index (χ0v) is 9.45. The predicted molar refractivity (Wildman–Crippen MR) is 67.7 cm³/mol. The fourth-order valence-corrected chi connectivity index (χ4v) is 1.54. The molecule has 1 aromatic carbocycles. The molecule has 2 nitrogen and oxygen atoms in total. The molecule has 2 rings (SSSR count). The fraction of sp³-hybridized carbons (Fsp3) is 0.0769. The molecule has 0 amide bonds. The van der Waals surface area contributed by atoms with Crippen molar-refractivity contribution in [2.45, 2.75) is 0 Å². The average molecular weight is 234 g/mol. The van der Waals surface area contributed by atoms with Gasteiger partial charge in [-0.05, 0) is 30.3 Å². The Balaban J connectivity index is 1.87. The van der Waals surface area contributed by atoms with Crippen LogP contribution in [0.1, 0.15) is 5.76 Å². The van der Waals surface area contributed by atoms with Gasteiger partial charge in [-0.25, -0.2) is 0 Å². The zero-order chi connectivity index (χ0) is 11.2. The lowest BCUT2D eigenvalue weighted by molar-refractivity contribution is 0.557. The lowest BCUT2D eigenvalue weighted by atomic mass is 10.3. The van der Waals surface area contributed by atoms with Crippen molar-refractivity contribution in [1.29, 1.82) is 0 Å². The molecule has 0 bridgehead atoms. The van der Waals surface area contributed by atoms with Gasteiger partial charge in [0.15, 0.2) is 0 Å². The first-order valence-corrected chi connectivity index (χ1v) is 5.42. The van der Waals surface area contributed by atoms with Gasteiger partial charge in [0, 0.05) is 6.54 Å². The summed E-state index contributed by atoms with van der Waals surface area (Å²) in [4.78, 5) is 0. The lowest BCUT2D eigenvalue weighted by Crippen LogP contribution is -1.98. The minimum Gasteiger partial charge on any atom is -0.465 e. The third-order valence-corrected chi connectivity index (χ3v) is 2.44. The first-order chi connectivity index (χ1) is 7.86. The summed E-state index contributed by atoms with van der Waals surface area (Å²) in [6, 6.07) is 11.4. The van der Waals surface area contributed by atoms with Gasteiger partial charge in [-0.15, -0.1) is 0 Å². The number of furan rings is 1.